The van der Waals surface area contributed by atoms with Gasteiger partial charge in [0.05, 0.1) is 11.8 Å². The molecule has 0 unspecified atom stereocenters. The van der Waals surface area contributed by atoms with Crippen molar-refractivity contribution in [3.63, 3.8) is 0 Å². The lowest BCUT2D eigenvalue weighted by atomic mass is 9.93. The fourth-order valence-corrected chi connectivity index (χ4v) is 4.21. The number of halogens is 3. The number of aromatic nitrogens is 1. The highest BCUT2D eigenvalue weighted by molar-refractivity contribution is 6.44. The van der Waals surface area contributed by atoms with Crippen molar-refractivity contribution < 1.29 is 4.74 Å². The van der Waals surface area contributed by atoms with Crippen LogP contribution in [0.4, 0.5) is 5.69 Å². The third-order valence-electron chi connectivity index (χ3n) is 4.76. The normalized spacial score (nSPS) is 22.8. The molecule has 4 nitrogen and oxygen atoms in total. The van der Waals surface area contributed by atoms with E-state index in [1.54, 1.807) is 0 Å². The number of nitrogens with zero attached hydrogens (tertiary/aromatic N) is 3. The predicted octanol–water partition coefficient (Wildman–Crippen LogP) is 5.26. The first-order chi connectivity index (χ1) is 12.1. The van der Waals surface area contributed by atoms with Gasteiger partial charge in [-0.15, -0.1) is 0 Å². The Morgan fingerprint density at radius 2 is 2.04 bits per heavy atom. The molecule has 0 radical (unpaired) electrons. The zero-order valence-electron chi connectivity index (χ0n) is 13.9. The summed E-state index contributed by atoms with van der Waals surface area (Å²) in [5, 5.41) is 10.1. The lowest BCUT2D eigenvalue weighted by Gasteiger charge is -2.33. The Balaban J connectivity index is 1.95. The van der Waals surface area contributed by atoms with Crippen molar-refractivity contribution in [2.24, 2.45) is 5.92 Å². The van der Waals surface area contributed by atoms with Crippen LogP contribution in [0, 0.1) is 17.2 Å². The van der Waals surface area contributed by atoms with Crippen molar-refractivity contribution in [1.82, 2.24) is 4.98 Å². The molecule has 3 rings (SSSR count). The van der Waals surface area contributed by atoms with Crippen LogP contribution in [-0.4, -0.2) is 30.8 Å². The van der Waals surface area contributed by atoms with Crippen LogP contribution in [-0.2, 0) is 4.74 Å². The summed E-state index contributed by atoms with van der Waals surface area (Å²) in [7, 11) is 0. The third kappa shape index (κ3) is 4.41. The number of nitriles is 1. The first-order valence-electron chi connectivity index (χ1n) is 8.56. The highest BCUT2D eigenvalue weighted by Gasteiger charge is 2.28. The van der Waals surface area contributed by atoms with E-state index in [9.17, 15) is 5.26 Å². The SMILES string of the molecule is N#Cc1c(Cl)nc(Cl)c(Cl)c1N(C[C@@H]1CC=CCC1)C[C@@H]1CCCO1. The first kappa shape index (κ1) is 18.8. The molecule has 25 heavy (non-hydrogen) atoms. The molecule has 0 bridgehead atoms. The van der Waals surface area contributed by atoms with Crippen LogP contribution in [0.15, 0.2) is 12.2 Å². The highest BCUT2D eigenvalue weighted by atomic mass is 35.5. The molecule has 2 atom stereocenters. The molecule has 7 heteroatoms. The molecule has 134 valence electrons. The van der Waals surface area contributed by atoms with E-state index in [4.69, 9.17) is 39.5 Å². The van der Waals surface area contributed by atoms with Crippen LogP contribution >= 0.6 is 34.8 Å². The largest absolute Gasteiger partial charge is 0.376 e. The molecule has 1 saturated heterocycles. The van der Waals surface area contributed by atoms with Gasteiger partial charge < -0.3 is 9.64 Å². The summed E-state index contributed by atoms with van der Waals surface area (Å²) in [6.45, 7) is 2.24. The molecule has 0 spiro atoms. The Morgan fingerprint density at radius 1 is 1.20 bits per heavy atom. The second-order valence-corrected chi connectivity index (χ2v) is 7.63. The zero-order chi connectivity index (χ0) is 17.8. The maximum Gasteiger partial charge on any atom is 0.151 e. The number of ether oxygens (including phenoxy) is 1. The zero-order valence-corrected chi connectivity index (χ0v) is 16.1. The third-order valence-corrected chi connectivity index (χ3v) is 5.76. The molecule has 1 aliphatic carbocycles. The fourth-order valence-electron chi connectivity index (χ4n) is 3.52. The Hall–Kier alpha value is -0.990. The fraction of sp³-hybridized carbons (Fsp3) is 0.556. The molecule has 2 heterocycles. The smallest absolute Gasteiger partial charge is 0.151 e. The minimum atomic E-state index is 0.0905. The van der Waals surface area contributed by atoms with Crippen LogP contribution in [0.1, 0.15) is 37.7 Å². The van der Waals surface area contributed by atoms with Gasteiger partial charge in [-0.3, -0.25) is 0 Å². The van der Waals surface area contributed by atoms with Gasteiger partial charge in [0.2, 0.25) is 0 Å². The van der Waals surface area contributed by atoms with Gasteiger partial charge in [0.15, 0.2) is 10.3 Å². The standard InChI is InChI=1S/C18H20Cl3N3O/c19-15-16(14(9-22)17(20)23-18(15)21)24(11-13-7-4-8-25-13)10-12-5-2-1-3-6-12/h1-2,12-13H,3-8,10-11H2/t12-,13+/m1/s1. The van der Waals surface area contributed by atoms with Crippen molar-refractivity contribution in [2.75, 3.05) is 24.6 Å². The van der Waals surface area contributed by atoms with Crippen LogP contribution in [0.3, 0.4) is 0 Å². The molecule has 1 aliphatic heterocycles. The van der Waals surface area contributed by atoms with Gasteiger partial charge in [0.1, 0.15) is 16.7 Å². The molecule has 1 aromatic rings. The summed E-state index contributed by atoms with van der Waals surface area (Å²) in [6.07, 6.45) is 9.85. The van der Waals surface area contributed by atoms with Gasteiger partial charge >= 0.3 is 0 Å². The van der Waals surface area contributed by atoms with Crippen LogP contribution in [0.5, 0.6) is 0 Å². The number of allylic oxidation sites excluding steroid dienone is 2. The van der Waals surface area contributed by atoms with Crippen LogP contribution < -0.4 is 4.90 Å². The number of pyridine rings is 1. The lowest BCUT2D eigenvalue weighted by Crippen LogP contribution is -2.37. The van der Waals surface area contributed by atoms with Crippen molar-refractivity contribution in [3.05, 3.63) is 33.0 Å². The summed E-state index contributed by atoms with van der Waals surface area (Å²) < 4.78 is 5.80. The summed E-state index contributed by atoms with van der Waals surface area (Å²) in [4.78, 5) is 6.10. The number of anilines is 1. The van der Waals surface area contributed by atoms with Gasteiger partial charge in [-0.1, -0.05) is 47.0 Å². The second kappa shape index (κ2) is 8.60. The van der Waals surface area contributed by atoms with Crippen molar-refractivity contribution in [1.29, 1.82) is 5.26 Å². The maximum atomic E-state index is 9.58. The maximum absolute atomic E-state index is 9.58. The molecule has 0 N–H and O–H groups in total. The average molecular weight is 401 g/mol. The van der Waals surface area contributed by atoms with Gasteiger partial charge in [-0.05, 0) is 38.0 Å². The molecule has 1 fully saturated rings. The van der Waals surface area contributed by atoms with E-state index in [1.807, 2.05) is 0 Å². The van der Waals surface area contributed by atoms with Gasteiger partial charge in [0, 0.05) is 19.7 Å². The topological polar surface area (TPSA) is 49.2 Å². The molecule has 0 aromatic carbocycles. The van der Waals surface area contributed by atoms with E-state index in [2.05, 4.69) is 28.1 Å². The summed E-state index contributed by atoms with van der Waals surface area (Å²) in [6, 6.07) is 2.14. The Labute approximate surface area is 163 Å². The summed E-state index contributed by atoms with van der Waals surface area (Å²) in [5.74, 6) is 0.500. The van der Waals surface area contributed by atoms with E-state index < -0.39 is 0 Å². The van der Waals surface area contributed by atoms with Gasteiger partial charge in [0.25, 0.3) is 0 Å². The highest BCUT2D eigenvalue weighted by Crippen LogP contribution is 2.39. The second-order valence-electron chi connectivity index (χ2n) is 6.53. The van der Waals surface area contributed by atoms with Crippen molar-refractivity contribution in [3.8, 4) is 6.07 Å². The van der Waals surface area contributed by atoms with Crippen molar-refractivity contribution in [2.45, 2.75) is 38.2 Å². The van der Waals surface area contributed by atoms with E-state index in [1.165, 1.54) is 0 Å². The molecular formula is C18H20Cl3N3O. The van der Waals surface area contributed by atoms with Crippen LogP contribution in [0.2, 0.25) is 15.3 Å². The minimum absolute atomic E-state index is 0.0905. The Morgan fingerprint density at radius 3 is 2.68 bits per heavy atom. The van der Waals surface area contributed by atoms with Crippen molar-refractivity contribution >= 4 is 40.5 Å². The van der Waals surface area contributed by atoms with Gasteiger partial charge in [-0.2, -0.15) is 5.26 Å². The van der Waals surface area contributed by atoms with Gasteiger partial charge in [-0.25, -0.2) is 4.98 Å². The molecule has 0 amide bonds. The van der Waals surface area contributed by atoms with E-state index in [0.29, 0.717) is 18.2 Å². The average Bonchev–Trinajstić information content (AvgIpc) is 3.11. The predicted molar refractivity (Wildman–Crippen MR) is 102 cm³/mol. The van der Waals surface area contributed by atoms with E-state index >= 15 is 0 Å². The molecule has 1 aromatic heterocycles. The Kier molecular flexibility index (Phi) is 6.46. The molecule has 2 aliphatic rings. The number of rotatable bonds is 5. The minimum Gasteiger partial charge on any atom is -0.376 e. The van der Waals surface area contributed by atoms with E-state index in [-0.39, 0.29) is 27.0 Å². The molecule has 0 saturated carbocycles. The monoisotopic (exact) mass is 399 g/mol. The quantitative estimate of drug-likeness (QED) is 0.500. The Bertz CT molecular complexity index is 696. The number of hydrogen-bond acceptors (Lipinski definition) is 4. The van der Waals surface area contributed by atoms with Crippen LogP contribution in [0.25, 0.3) is 0 Å². The first-order valence-corrected chi connectivity index (χ1v) is 9.69. The molecular weight excluding hydrogens is 381 g/mol. The summed E-state index contributed by atoms with van der Waals surface area (Å²) >= 11 is 18.8. The van der Waals surface area contributed by atoms with E-state index in [0.717, 1.165) is 45.3 Å². The lowest BCUT2D eigenvalue weighted by molar-refractivity contribution is 0.115. The number of hydrogen-bond donors (Lipinski definition) is 0. The summed E-state index contributed by atoms with van der Waals surface area (Å²) in [5.41, 5.74) is 0.861.